The number of hydrogen-bond acceptors (Lipinski definition) is 4. The molecule has 1 aliphatic rings. The van der Waals surface area contributed by atoms with E-state index in [1.165, 1.54) is 12.8 Å². The Morgan fingerprint density at radius 1 is 1.43 bits per heavy atom. The molecule has 0 unspecified atom stereocenters. The van der Waals surface area contributed by atoms with E-state index in [2.05, 4.69) is 16.9 Å². The fourth-order valence-corrected chi connectivity index (χ4v) is 2.45. The molecule has 5 nitrogen and oxygen atoms in total. The molecular formula is C16H20N4O. The fourth-order valence-electron chi connectivity index (χ4n) is 2.45. The van der Waals surface area contributed by atoms with Crippen molar-refractivity contribution < 1.29 is 4.74 Å². The summed E-state index contributed by atoms with van der Waals surface area (Å²) in [7, 11) is 2.12. The monoisotopic (exact) mass is 284 g/mol. The number of hydrogen-bond donors (Lipinski definition) is 2. The summed E-state index contributed by atoms with van der Waals surface area (Å²) >= 11 is 0. The Hall–Kier alpha value is -2.14. The zero-order chi connectivity index (χ0) is 14.8. The molecule has 5 heteroatoms. The van der Waals surface area contributed by atoms with Crippen molar-refractivity contribution in [2.45, 2.75) is 18.9 Å². The van der Waals surface area contributed by atoms with E-state index in [-0.39, 0.29) is 5.84 Å². The highest BCUT2D eigenvalue weighted by Gasteiger charge is 2.25. The van der Waals surface area contributed by atoms with Crippen LogP contribution in [0, 0.1) is 5.41 Å². The highest BCUT2D eigenvalue weighted by molar-refractivity contribution is 6.02. The van der Waals surface area contributed by atoms with Crippen LogP contribution in [0.4, 0.5) is 0 Å². The largest absolute Gasteiger partial charge is 0.491 e. The van der Waals surface area contributed by atoms with Gasteiger partial charge in [-0.05, 0) is 32.0 Å². The fraction of sp³-hybridized carbons (Fsp3) is 0.375. The molecule has 3 rings (SSSR count). The second kappa shape index (κ2) is 5.69. The number of nitrogens with one attached hydrogen (secondary N) is 1. The molecule has 21 heavy (non-hydrogen) atoms. The summed E-state index contributed by atoms with van der Waals surface area (Å²) in [6.45, 7) is 1.46. The van der Waals surface area contributed by atoms with E-state index in [4.69, 9.17) is 15.9 Å². The maximum Gasteiger partial charge on any atom is 0.141 e. The van der Waals surface area contributed by atoms with Gasteiger partial charge in [0.2, 0.25) is 0 Å². The van der Waals surface area contributed by atoms with Gasteiger partial charge in [0.15, 0.2) is 0 Å². The normalized spacial score (nSPS) is 14.6. The molecule has 0 amide bonds. The predicted octanol–water partition coefficient (Wildman–Crippen LogP) is 1.99. The first-order chi connectivity index (χ1) is 10.2. The third kappa shape index (κ3) is 2.97. The molecule has 110 valence electrons. The van der Waals surface area contributed by atoms with Gasteiger partial charge in [0.05, 0.1) is 11.1 Å². The number of nitrogens with zero attached hydrogens (tertiary/aromatic N) is 2. The van der Waals surface area contributed by atoms with Gasteiger partial charge in [-0.3, -0.25) is 10.4 Å². The molecule has 0 bridgehead atoms. The van der Waals surface area contributed by atoms with E-state index in [0.29, 0.717) is 17.9 Å². The lowest BCUT2D eigenvalue weighted by Crippen LogP contribution is -2.26. The van der Waals surface area contributed by atoms with Crippen molar-refractivity contribution in [3.63, 3.8) is 0 Å². The van der Waals surface area contributed by atoms with Crippen LogP contribution in [-0.4, -0.2) is 42.0 Å². The van der Waals surface area contributed by atoms with Crippen molar-refractivity contribution in [2.24, 2.45) is 5.73 Å². The molecule has 1 aliphatic carbocycles. The minimum Gasteiger partial charge on any atom is -0.491 e. The Bertz CT molecular complexity index is 666. The Labute approximate surface area is 124 Å². The molecular weight excluding hydrogens is 264 g/mol. The second-order valence-electron chi connectivity index (χ2n) is 5.49. The van der Waals surface area contributed by atoms with E-state index in [9.17, 15) is 0 Å². The third-order valence-corrected chi connectivity index (χ3v) is 3.88. The van der Waals surface area contributed by atoms with Crippen molar-refractivity contribution in [3.8, 4) is 5.75 Å². The number of ether oxygens (including phenoxy) is 1. The molecule has 2 aromatic rings. The maximum atomic E-state index is 7.70. The molecule has 1 saturated carbocycles. The van der Waals surface area contributed by atoms with Gasteiger partial charge < -0.3 is 15.4 Å². The van der Waals surface area contributed by atoms with E-state index >= 15 is 0 Å². The number of amidine groups is 1. The maximum absolute atomic E-state index is 7.70. The summed E-state index contributed by atoms with van der Waals surface area (Å²) in [4.78, 5) is 6.65. The van der Waals surface area contributed by atoms with Crippen LogP contribution in [0.2, 0.25) is 0 Å². The quantitative estimate of drug-likeness (QED) is 0.628. The zero-order valence-corrected chi connectivity index (χ0v) is 12.2. The van der Waals surface area contributed by atoms with Crippen LogP contribution in [-0.2, 0) is 0 Å². The molecule has 0 radical (unpaired) electrons. The number of aromatic nitrogens is 1. The Kier molecular flexibility index (Phi) is 3.75. The van der Waals surface area contributed by atoms with Crippen molar-refractivity contribution in [2.75, 3.05) is 20.2 Å². The Morgan fingerprint density at radius 2 is 2.19 bits per heavy atom. The SMILES string of the molecule is CN(CCOc1c(C(=N)N)cnc2ccccc12)C1CC1. The molecule has 1 aromatic carbocycles. The lowest BCUT2D eigenvalue weighted by molar-refractivity contribution is 0.233. The van der Waals surface area contributed by atoms with Crippen LogP contribution < -0.4 is 10.5 Å². The Morgan fingerprint density at radius 3 is 2.90 bits per heavy atom. The van der Waals surface area contributed by atoms with Crippen LogP contribution in [0.3, 0.4) is 0 Å². The first-order valence-corrected chi connectivity index (χ1v) is 7.22. The summed E-state index contributed by atoms with van der Waals surface area (Å²) in [5.74, 6) is 0.649. The average molecular weight is 284 g/mol. The van der Waals surface area contributed by atoms with Gasteiger partial charge in [-0.2, -0.15) is 0 Å². The highest BCUT2D eigenvalue weighted by atomic mass is 16.5. The first kappa shape index (κ1) is 13.8. The molecule has 1 fully saturated rings. The highest BCUT2D eigenvalue weighted by Crippen LogP contribution is 2.28. The Balaban J connectivity index is 1.83. The third-order valence-electron chi connectivity index (χ3n) is 3.88. The van der Waals surface area contributed by atoms with Crippen LogP contribution in [0.5, 0.6) is 5.75 Å². The van der Waals surface area contributed by atoms with E-state index in [0.717, 1.165) is 23.5 Å². The zero-order valence-electron chi connectivity index (χ0n) is 12.2. The smallest absolute Gasteiger partial charge is 0.141 e. The number of rotatable bonds is 6. The summed E-state index contributed by atoms with van der Waals surface area (Å²) in [6, 6.07) is 8.48. The van der Waals surface area contributed by atoms with E-state index in [1.807, 2.05) is 24.3 Å². The van der Waals surface area contributed by atoms with Gasteiger partial charge in [-0.25, -0.2) is 0 Å². The van der Waals surface area contributed by atoms with Crippen LogP contribution >= 0.6 is 0 Å². The standard InChI is InChI=1S/C16H20N4O/c1-20(11-6-7-11)8-9-21-15-12-4-2-3-5-14(12)19-10-13(15)16(17)18/h2-5,10-11H,6-9H2,1H3,(H3,17,18). The predicted molar refractivity (Wildman–Crippen MR) is 83.9 cm³/mol. The topological polar surface area (TPSA) is 75.2 Å². The summed E-state index contributed by atoms with van der Waals surface area (Å²) in [6.07, 6.45) is 4.19. The van der Waals surface area contributed by atoms with Gasteiger partial charge in [0.25, 0.3) is 0 Å². The molecule has 0 saturated heterocycles. The average Bonchev–Trinajstić information content (AvgIpc) is 3.31. The second-order valence-corrected chi connectivity index (χ2v) is 5.49. The van der Waals surface area contributed by atoms with E-state index < -0.39 is 0 Å². The minimum atomic E-state index is -0.0150. The van der Waals surface area contributed by atoms with Crippen molar-refractivity contribution >= 4 is 16.7 Å². The molecule has 0 spiro atoms. The van der Waals surface area contributed by atoms with Crippen LogP contribution in [0.1, 0.15) is 18.4 Å². The van der Waals surface area contributed by atoms with Crippen LogP contribution in [0.15, 0.2) is 30.5 Å². The number of pyridine rings is 1. The lowest BCUT2D eigenvalue weighted by Gasteiger charge is -2.18. The van der Waals surface area contributed by atoms with Gasteiger partial charge in [-0.15, -0.1) is 0 Å². The molecule has 1 aromatic heterocycles. The van der Waals surface area contributed by atoms with Gasteiger partial charge in [0, 0.05) is 24.2 Å². The van der Waals surface area contributed by atoms with Gasteiger partial charge >= 0.3 is 0 Å². The number of nitrogens with two attached hydrogens (primary N) is 1. The molecule has 1 heterocycles. The van der Waals surface area contributed by atoms with Gasteiger partial charge in [-0.1, -0.05) is 12.1 Å². The molecule has 0 atom stereocenters. The molecule has 3 N–H and O–H groups in total. The first-order valence-electron chi connectivity index (χ1n) is 7.22. The minimum absolute atomic E-state index is 0.0150. The number of likely N-dealkylation sites (N-methyl/N-ethyl adjacent to an activating group) is 1. The number of nitrogen functional groups attached to an aromatic ring is 1. The number of para-hydroxylation sites is 1. The van der Waals surface area contributed by atoms with E-state index in [1.54, 1.807) is 6.20 Å². The molecule has 0 aliphatic heterocycles. The van der Waals surface area contributed by atoms with Gasteiger partial charge in [0.1, 0.15) is 18.2 Å². The number of benzene rings is 1. The van der Waals surface area contributed by atoms with Crippen molar-refractivity contribution in [3.05, 3.63) is 36.0 Å². The van der Waals surface area contributed by atoms with Crippen molar-refractivity contribution in [1.82, 2.24) is 9.88 Å². The van der Waals surface area contributed by atoms with Crippen LogP contribution in [0.25, 0.3) is 10.9 Å². The van der Waals surface area contributed by atoms with Crippen molar-refractivity contribution in [1.29, 1.82) is 5.41 Å². The summed E-state index contributed by atoms with van der Waals surface area (Å²) in [5, 5.41) is 8.60. The number of fused-ring (bicyclic) bond motifs is 1. The summed E-state index contributed by atoms with van der Waals surface area (Å²) in [5.41, 5.74) is 7.06. The summed E-state index contributed by atoms with van der Waals surface area (Å²) < 4.78 is 5.96. The lowest BCUT2D eigenvalue weighted by atomic mass is 10.1.